The SMILES string of the molecule is Cc1c(CNc2ccc(C(C)C)cc2)cnn1C. The van der Waals surface area contributed by atoms with Crippen LogP contribution in [0.4, 0.5) is 5.69 Å². The first-order valence-corrected chi connectivity index (χ1v) is 6.39. The lowest BCUT2D eigenvalue weighted by Crippen LogP contribution is -2.01. The van der Waals surface area contributed by atoms with E-state index in [4.69, 9.17) is 0 Å². The van der Waals surface area contributed by atoms with E-state index in [0.717, 1.165) is 12.2 Å². The molecule has 0 bridgehead atoms. The molecule has 0 radical (unpaired) electrons. The van der Waals surface area contributed by atoms with Crippen LogP contribution in [-0.4, -0.2) is 9.78 Å². The summed E-state index contributed by atoms with van der Waals surface area (Å²) in [6.45, 7) is 7.33. The van der Waals surface area contributed by atoms with Gasteiger partial charge in [-0.2, -0.15) is 5.10 Å². The molecule has 0 saturated heterocycles. The molecule has 3 nitrogen and oxygen atoms in total. The summed E-state index contributed by atoms with van der Waals surface area (Å²) >= 11 is 0. The normalized spacial score (nSPS) is 10.9. The van der Waals surface area contributed by atoms with Gasteiger partial charge >= 0.3 is 0 Å². The van der Waals surface area contributed by atoms with Crippen LogP contribution in [0.15, 0.2) is 30.5 Å². The highest BCUT2D eigenvalue weighted by molar-refractivity contribution is 5.45. The molecule has 0 spiro atoms. The van der Waals surface area contributed by atoms with Crippen LogP contribution < -0.4 is 5.32 Å². The average Bonchev–Trinajstić information content (AvgIpc) is 2.68. The van der Waals surface area contributed by atoms with Gasteiger partial charge in [-0.3, -0.25) is 4.68 Å². The largest absolute Gasteiger partial charge is 0.381 e. The van der Waals surface area contributed by atoms with Gasteiger partial charge in [-0.05, 0) is 30.5 Å². The van der Waals surface area contributed by atoms with Gasteiger partial charge in [0.2, 0.25) is 0 Å². The van der Waals surface area contributed by atoms with Crippen molar-refractivity contribution in [3.05, 3.63) is 47.3 Å². The van der Waals surface area contributed by atoms with Crippen LogP contribution in [0.5, 0.6) is 0 Å². The number of anilines is 1. The maximum absolute atomic E-state index is 4.24. The predicted molar refractivity (Wildman–Crippen MR) is 75.8 cm³/mol. The predicted octanol–water partition coefficient (Wildman–Crippen LogP) is 3.46. The third-order valence-electron chi connectivity index (χ3n) is 3.40. The van der Waals surface area contributed by atoms with Gasteiger partial charge in [-0.25, -0.2) is 0 Å². The summed E-state index contributed by atoms with van der Waals surface area (Å²) < 4.78 is 1.90. The highest BCUT2D eigenvalue weighted by Gasteiger charge is 2.03. The first-order chi connectivity index (χ1) is 8.58. The van der Waals surface area contributed by atoms with Gasteiger partial charge in [-0.15, -0.1) is 0 Å². The number of nitrogens with zero attached hydrogens (tertiary/aromatic N) is 2. The monoisotopic (exact) mass is 243 g/mol. The third kappa shape index (κ3) is 2.73. The Balaban J connectivity index is 2.00. The fraction of sp³-hybridized carbons (Fsp3) is 0.400. The summed E-state index contributed by atoms with van der Waals surface area (Å²) in [4.78, 5) is 0. The molecule has 1 aromatic carbocycles. The second-order valence-corrected chi connectivity index (χ2v) is 5.01. The minimum Gasteiger partial charge on any atom is -0.381 e. The molecule has 96 valence electrons. The molecular formula is C15H21N3. The zero-order chi connectivity index (χ0) is 13.1. The zero-order valence-electron chi connectivity index (χ0n) is 11.6. The molecule has 2 rings (SSSR count). The number of rotatable bonds is 4. The number of benzene rings is 1. The van der Waals surface area contributed by atoms with Crippen molar-refractivity contribution in [1.82, 2.24) is 9.78 Å². The molecule has 0 amide bonds. The first kappa shape index (κ1) is 12.7. The fourth-order valence-corrected chi connectivity index (χ4v) is 1.90. The van der Waals surface area contributed by atoms with Crippen molar-refractivity contribution >= 4 is 5.69 Å². The molecule has 1 heterocycles. The van der Waals surface area contributed by atoms with Crippen LogP contribution in [0.1, 0.15) is 36.6 Å². The molecule has 3 heteroatoms. The molecule has 0 aliphatic rings. The number of hydrogen-bond acceptors (Lipinski definition) is 2. The third-order valence-corrected chi connectivity index (χ3v) is 3.40. The summed E-state index contributed by atoms with van der Waals surface area (Å²) in [5, 5.41) is 7.67. The van der Waals surface area contributed by atoms with Crippen LogP contribution in [0, 0.1) is 6.92 Å². The van der Waals surface area contributed by atoms with E-state index in [1.54, 1.807) is 0 Å². The van der Waals surface area contributed by atoms with Gasteiger partial charge in [0, 0.05) is 30.5 Å². The Morgan fingerprint density at radius 1 is 1.22 bits per heavy atom. The van der Waals surface area contributed by atoms with E-state index < -0.39 is 0 Å². The molecule has 18 heavy (non-hydrogen) atoms. The van der Waals surface area contributed by atoms with Crippen molar-refractivity contribution in [3.8, 4) is 0 Å². The summed E-state index contributed by atoms with van der Waals surface area (Å²) in [6, 6.07) is 8.65. The van der Waals surface area contributed by atoms with Crippen molar-refractivity contribution in [3.63, 3.8) is 0 Å². The van der Waals surface area contributed by atoms with E-state index in [2.05, 4.69) is 55.5 Å². The van der Waals surface area contributed by atoms with Gasteiger partial charge in [0.25, 0.3) is 0 Å². The lowest BCUT2D eigenvalue weighted by Gasteiger charge is -2.09. The minimum atomic E-state index is 0.583. The van der Waals surface area contributed by atoms with Gasteiger partial charge in [0.15, 0.2) is 0 Å². The molecular weight excluding hydrogens is 222 g/mol. The second-order valence-electron chi connectivity index (χ2n) is 5.01. The number of aryl methyl sites for hydroxylation is 1. The molecule has 1 N–H and O–H groups in total. The Bertz CT molecular complexity index is 509. The Hall–Kier alpha value is -1.77. The van der Waals surface area contributed by atoms with Crippen molar-refractivity contribution in [2.45, 2.75) is 33.2 Å². The van der Waals surface area contributed by atoms with Crippen LogP contribution in [-0.2, 0) is 13.6 Å². The van der Waals surface area contributed by atoms with E-state index in [1.165, 1.54) is 16.8 Å². The maximum atomic E-state index is 4.24. The van der Waals surface area contributed by atoms with E-state index in [1.807, 2.05) is 17.9 Å². The quantitative estimate of drug-likeness (QED) is 0.891. The van der Waals surface area contributed by atoms with Crippen LogP contribution in [0.2, 0.25) is 0 Å². The summed E-state index contributed by atoms with van der Waals surface area (Å²) in [5.74, 6) is 0.583. The van der Waals surface area contributed by atoms with E-state index in [0.29, 0.717) is 5.92 Å². The molecule has 0 unspecified atom stereocenters. The van der Waals surface area contributed by atoms with E-state index >= 15 is 0 Å². The molecule has 1 aromatic heterocycles. The molecule has 0 fully saturated rings. The van der Waals surface area contributed by atoms with Crippen LogP contribution >= 0.6 is 0 Å². The summed E-state index contributed by atoms with van der Waals surface area (Å²) in [5.41, 5.74) is 4.98. The fourth-order valence-electron chi connectivity index (χ4n) is 1.90. The lowest BCUT2D eigenvalue weighted by atomic mass is 10.0. The van der Waals surface area contributed by atoms with E-state index in [9.17, 15) is 0 Å². The van der Waals surface area contributed by atoms with Gasteiger partial charge in [0.1, 0.15) is 0 Å². The summed E-state index contributed by atoms with van der Waals surface area (Å²) in [6.07, 6.45) is 1.92. The Morgan fingerprint density at radius 3 is 2.39 bits per heavy atom. The lowest BCUT2D eigenvalue weighted by molar-refractivity contribution is 0.738. The zero-order valence-corrected chi connectivity index (χ0v) is 11.6. The number of nitrogens with one attached hydrogen (secondary N) is 1. The van der Waals surface area contributed by atoms with Gasteiger partial charge in [-0.1, -0.05) is 26.0 Å². The molecule has 0 saturated carbocycles. The Kier molecular flexibility index (Phi) is 3.70. The van der Waals surface area contributed by atoms with Crippen molar-refractivity contribution < 1.29 is 0 Å². The molecule has 0 atom stereocenters. The Labute approximate surface area is 109 Å². The Morgan fingerprint density at radius 2 is 1.89 bits per heavy atom. The molecule has 2 aromatic rings. The number of hydrogen-bond donors (Lipinski definition) is 1. The maximum Gasteiger partial charge on any atom is 0.0542 e. The van der Waals surface area contributed by atoms with Gasteiger partial charge in [0.05, 0.1) is 6.20 Å². The standard InChI is InChI=1S/C15H21N3/c1-11(2)13-5-7-15(8-6-13)16-9-14-10-17-18(4)12(14)3/h5-8,10-11,16H,9H2,1-4H3. The minimum absolute atomic E-state index is 0.583. The van der Waals surface area contributed by atoms with Crippen molar-refractivity contribution in [2.24, 2.45) is 7.05 Å². The second kappa shape index (κ2) is 5.25. The van der Waals surface area contributed by atoms with Gasteiger partial charge < -0.3 is 5.32 Å². The smallest absolute Gasteiger partial charge is 0.0542 e. The number of aromatic nitrogens is 2. The highest BCUT2D eigenvalue weighted by atomic mass is 15.3. The highest BCUT2D eigenvalue weighted by Crippen LogP contribution is 2.18. The van der Waals surface area contributed by atoms with Crippen LogP contribution in [0.25, 0.3) is 0 Å². The molecule has 0 aliphatic heterocycles. The first-order valence-electron chi connectivity index (χ1n) is 6.39. The van der Waals surface area contributed by atoms with Crippen molar-refractivity contribution in [1.29, 1.82) is 0 Å². The summed E-state index contributed by atoms with van der Waals surface area (Å²) in [7, 11) is 1.97. The average molecular weight is 243 g/mol. The van der Waals surface area contributed by atoms with Crippen molar-refractivity contribution in [2.75, 3.05) is 5.32 Å². The molecule has 0 aliphatic carbocycles. The topological polar surface area (TPSA) is 29.9 Å². The van der Waals surface area contributed by atoms with Crippen LogP contribution in [0.3, 0.4) is 0 Å². The van der Waals surface area contributed by atoms with E-state index in [-0.39, 0.29) is 0 Å².